The van der Waals surface area contributed by atoms with Gasteiger partial charge in [-0.2, -0.15) is 0 Å². The van der Waals surface area contributed by atoms with E-state index < -0.39 is 0 Å². The summed E-state index contributed by atoms with van der Waals surface area (Å²) in [6.07, 6.45) is 0. The van der Waals surface area contributed by atoms with Gasteiger partial charge in [-0.05, 0) is 42.0 Å². The van der Waals surface area contributed by atoms with Gasteiger partial charge >= 0.3 is 0 Å². The van der Waals surface area contributed by atoms with E-state index in [0.29, 0.717) is 25.5 Å². The van der Waals surface area contributed by atoms with Crippen LogP contribution in [0.15, 0.2) is 48.5 Å². The van der Waals surface area contributed by atoms with Gasteiger partial charge in [-0.25, -0.2) is 4.39 Å². The number of hydrogen-bond donors (Lipinski definition) is 1. The molecule has 20 heavy (non-hydrogen) atoms. The van der Waals surface area contributed by atoms with E-state index >= 15 is 0 Å². The number of ether oxygens (including phenoxy) is 2. The average molecular weight is 298 g/mol. The molecule has 0 saturated carbocycles. The van der Waals surface area contributed by atoms with Gasteiger partial charge in [-0.3, -0.25) is 0 Å². The van der Waals surface area contributed by atoms with Crippen LogP contribution in [0.3, 0.4) is 0 Å². The Morgan fingerprint density at radius 1 is 0.950 bits per heavy atom. The van der Waals surface area contributed by atoms with E-state index in [9.17, 15) is 4.39 Å². The van der Waals surface area contributed by atoms with Crippen LogP contribution in [0.1, 0.15) is 5.56 Å². The maximum atomic E-state index is 13.0. The lowest BCUT2D eigenvalue weighted by Gasteiger charge is -2.08. The molecule has 0 unspecified atom stereocenters. The van der Waals surface area contributed by atoms with Gasteiger partial charge in [0.15, 0.2) is 0 Å². The summed E-state index contributed by atoms with van der Waals surface area (Å²) in [6.45, 7) is 1.31. The summed E-state index contributed by atoms with van der Waals surface area (Å²) in [5.74, 6) is 1.21. The van der Waals surface area contributed by atoms with Crippen molar-refractivity contribution < 1.29 is 13.9 Å². The molecule has 0 bridgehead atoms. The minimum atomic E-state index is -0.258. The number of benzene rings is 2. The second-order valence-corrected chi connectivity index (χ2v) is 4.03. The first-order valence-corrected chi connectivity index (χ1v) is 6.08. The summed E-state index contributed by atoms with van der Waals surface area (Å²) in [5.41, 5.74) is 6.15. The molecule has 108 valence electrons. The van der Waals surface area contributed by atoms with Gasteiger partial charge in [0.05, 0.1) is 0 Å². The smallest absolute Gasteiger partial charge is 0.123 e. The third-order valence-electron chi connectivity index (χ3n) is 2.50. The van der Waals surface area contributed by atoms with E-state index in [1.165, 1.54) is 12.1 Å². The first kappa shape index (κ1) is 16.3. The Bertz CT molecular complexity index is 520. The minimum Gasteiger partial charge on any atom is -0.492 e. The zero-order valence-electron chi connectivity index (χ0n) is 10.9. The van der Waals surface area contributed by atoms with Crippen molar-refractivity contribution in [2.75, 3.05) is 13.2 Å². The Morgan fingerprint density at radius 3 is 2.20 bits per heavy atom. The third kappa shape index (κ3) is 5.07. The Hall–Kier alpha value is -1.78. The molecule has 2 N–H and O–H groups in total. The second-order valence-electron chi connectivity index (χ2n) is 4.03. The molecule has 0 atom stereocenters. The molecule has 5 heteroatoms. The van der Waals surface area contributed by atoms with Gasteiger partial charge < -0.3 is 15.2 Å². The summed E-state index contributed by atoms with van der Waals surface area (Å²) >= 11 is 0. The third-order valence-corrected chi connectivity index (χ3v) is 2.50. The molecular formula is C15H17ClFNO2. The fraction of sp³-hybridized carbons (Fsp3) is 0.200. The molecule has 0 aliphatic carbocycles. The molecule has 0 aliphatic rings. The number of rotatable bonds is 6. The molecule has 0 radical (unpaired) electrons. The quantitative estimate of drug-likeness (QED) is 0.891. The van der Waals surface area contributed by atoms with Crippen molar-refractivity contribution in [2.45, 2.75) is 6.61 Å². The minimum absolute atomic E-state index is 0. The lowest BCUT2D eigenvalue weighted by Crippen LogP contribution is -2.10. The fourth-order valence-corrected chi connectivity index (χ4v) is 1.60. The highest BCUT2D eigenvalue weighted by molar-refractivity contribution is 5.85. The van der Waals surface area contributed by atoms with E-state index in [1.54, 1.807) is 6.07 Å². The molecule has 0 aliphatic heterocycles. The normalized spacial score (nSPS) is 9.70. The van der Waals surface area contributed by atoms with E-state index in [4.69, 9.17) is 15.2 Å². The Balaban J connectivity index is 0.00000200. The van der Waals surface area contributed by atoms with Crippen LogP contribution in [-0.2, 0) is 6.61 Å². The average Bonchev–Trinajstić information content (AvgIpc) is 2.44. The van der Waals surface area contributed by atoms with Crippen LogP contribution in [0.4, 0.5) is 4.39 Å². The van der Waals surface area contributed by atoms with Gasteiger partial charge in [0.25, 0.3) is 0 Å². The maximum Gasteiger partial charge on any atom is 0.123 e. The molecule has 0 amide bonds. The summed E-state index contributed by atoms with van der Waals surface area (Å²) < 4.78 is 23.9. The van der Waals surface area contributed by atoms with Crippen LogP contribution in [0, 0.1) is 5.82 Å². The van der Waals surface area contributed by atoms with Crippen molar-refractivity contribution in [1.29, 1.82) is 0 Å². The Labute approximate surface area is 123 Å². The molecular weight excluding hydrogens is 281 g/mol. The molecule has 0 spiro atoms. The van der Waals surface area contributed by atoms with Gasteiger partial charge in [0, 0.05) is 6.54 Å². The molecule has 0 heterocycles. The predicted octanol–water partition coefficient (Wildman–Crippen LogP) is 3.16. The SMILES string of the molecule is Cl.NCCOc1ccc(OCc2cccc(F)c2)cc1. The van der Waals surface area contributed by atoms with Crippen LogP contribution < -0.4 is 15.2 Å². The Kier molecular flexibility index (Phi) is 6.84. The zero-order valence-corrected chi connectivity index (χ0v) is 11.7. The predicted molar refractivity (Wildman–Crippen MR) is 79.0 cm³/mol. The summed E-state index contributed by atoms with van der Waals surface area (Å²) in [6, 6.07) is 13.6. The number of nitrogens with two attached hydrogens (primary N) is 1. The van der Waals surface area contributed by atoms with Crippen molar-refractivity contribution in [1.82, 2.24) is 0 Å². The standard InChI is InChI=1S/C15H16FNO2.ClH/c16-13-3-1-2-12(10-13)11-19-15-6-4-14(5-7-15)18-9-8-17;/h1-7,10H,8-9,11,17H2;1H. The summed E-state index contributed by atoms with van der Waals surface area (Å²) in [4.78, 5) is 0. The molecule has 3 nitrogen and oxygen atoms in total. The summed E-state index contributed by atoms with van der Waals surface area (Å²) in [7, 11) is 0. The van der Waals surface area contributed by atoms with Crippen molar-refractivity contribution in [3.05, 3.63) is 59.9 Å². The highest BCUT2D eigenvalue weighted by atomic mass is 35.5. The Morgan fingerprint density at radius 2 is 1.60 bits per heavy atom. The summed E-state index contributed by atoms with van der Waals surface area (Å²) in [5, 5.41) is 0. The lowest BCUT2D eigenvalue weighted by atomic mass is 10.2. The van der Waals surface area contributed by atoms with E-state index in [2.05, 4.69) is 0 Å². The van der Waals surface area contributed by atoms with Gasteiger partial charge in [-0.1, -0.05) is 12.1 Å². The fourth-order valence-electron chi connectivity index (χ4n) is 1.60. The van der Waals surface area contributed by atoms with Gasteiger partial charge in [0.2, 0.25) is 0 Å². The van der Waals surface area contributed by atoms with Gasteiger partial charge in [0.1, 0.15) is 30.5 Å². The van der Waals surface area contributed by atoms with Crippen LogP contribution in [0.2, 0.25) is 0 Å². The van der Waals surface area contributed by atoms with Crippen LogP contribution in [0.25, 0.3) is 0 Å². The van der Waals surface area contributed by atoms with Crippen LogP contribution >= 0.6 is 12.4 Å². The molecule has 2 aromatic rings. The van der Waals surface area contributed by atoms with Crippen molar-refractivity contribution in [2.24, 2.45) is 5.73 Å². The van der Waals surface area contributed by atoms with Crippen LogP contribution in [-0.4, -0.2) is 13.2 Å². The topological polar surface area (TPSA) is 44.5 Å². The molecule has 0 aromatic heterocycles. The lowest BCUT2D eigenvalue weighted by molar-refractivity contribution is 0.302. The zero-order chi connectivity index (χ0) is 13.5. The first-order chi connectivity index (χ1) is 9.28. The highest BCUT2D eigenvalue weighted by Crippen LogP contribution is 2.18. The highest BCUT2D eigenvalue weighted by Gasteiger charge is 1.99. The van der Waals surface area contributed by atoms with Gasteiger partial charge in [-0.15, -0.1) is 12.4 Å². The number of halogens is 2. The van der Waals surface area contributed by atoms with E-state index in [0.717, 1.165) is 11.3 Å². The maximum absolute atomic E-state index is 13.0. The van der Waals surface area contributed by atoms with Crippen molar-refractivity contribution in [3.63, 3.8) is 0 Å². The van der Waals surface area contributed by atoms with Crippen molar-refractivity contribution in [3.8, 4) is 11.5 Å². The molecule has 2 rings (SSSR count). The molecule has 0 saturated heterocycles. The van der Waals surface area contributed by atoms with Crippen molar-refractivity contribution >= 4 is 12.4 Å². The van der Waals surface area contributed by atoms with E-state index in [1.807, 2.05) is 30.3 Å². The second kappa shape index (κ2) is 8.40. The largest absolute Gasteiger partial charge is 0.492 e. The van der Waals surface area contributed by atoms with E-state index in [-0.39, 0.29) is 18.2 Å². The van der Waals surface area contributed by atoms with Crippen LogP contribution in [0.5, 0.6) is 11.5 Å². The number of hydrogen-bond acceptors (Lipinski definition) is 3. The monoisotopic (exact) mass is 297 g/mol. The first-order valence-electron chi connectivity index (χ1n) is 6.08. The molecule has 2 aromatic carbocycles. The molecule has 0 fully saturated rings.